The summed E-state index contributed by atoms with van der Waals surface area (Å²) >= 11 is 0. The molecule has 0 amide bonds. The van der Waals surface area contributed by atoms with Gasteiger partial charge in [-0.15, -0.1) is 0 Å². The first-order valence-electron chi connectivity index (χ1n) is 8.55. The van der Waals surface area contributed by atoms with Gasteiger partial charge in [-0.1, -0.05) is 35.5 Å². The predicted molar refractivity (Wildman–Crippen MR) is 94.8 cm³/mol. The molecule has 2 atom stereocenters. The van der Waals surface area contributed by atoms with E-state index in [1.54, 1.807) is 0 Å². The maximum atomic E-state index is 10.5. The van der Waals surface area contributed by atoms with Gasteiger partial charge >= 0.3 is 0 Å². The molecule has 2 heteroatoms. The van der Waals surface area contributed by atoms with Crippen LogP contribution in [0.2, 0.25) is 0 Å². The van der Waals surface area contributed by atoms with Crippen LogP contribution >= 0.6 is 0 Å². The molecule has 2 unspecified atom stereocenters. The predicted octanol–water partition coefficient (Wildman–Crippen LogP) is 4.93. The topological polar surface area (TPSA) is 40.5 Å². The summed E-state index contributed by atoms with van der Waals surface area (Å²) in [6, 6.07) is 0. The zero-order chi connectivity index (χ0) is 16.8. The van der Waals surface area contributed by atoms with Crippen molar-refractivity contribution in [1.29, 1.82) is 0 Å². The molecular weight excluding hydrogens is 272 g/mol. The largest absolute Gasteiger partial charge is 0.390 e. The summed E-state index contributed by atoms with van der Waals surface area (Å²) in [6.07, 6.45) is 14.1. The summed E-state index contributed by atoms with van der Waals surface area (Å²) in [6.45, 7) is 9.90. The Kier molecular flexibility index (Phi) is 7.08. The lowest BCUT2D eigenvalue weighted by Crippen LogP contribution is -2.30. The van der Waals surface area contributed by atoms with Gasteiger partial charge in [0, 0.05) is 5.92 Å². The smallest absolute Gasteiger partial charge is 0.0802 e. The molecule has 0 aliphatic heterocycles. The van der Waals surface area contributed by atoms with Gasteiger partial charge in [0.2, 0.25) is 0 Å². The molecule has 0 spiro atoms. The fraction of sp³-hybridized carbons (Fsp3) is 0.700. The first-order valence-corrected chi connectivity index (χ1v) is 8.55. The van der Waals surface area contributed by atoms with Crippen LogP contribution in [-0.2, 0) is 0 Å². The van der Waals surface area contributed by atoms with E-state index < -0.39 is 11.2 Å². The van der Waals surface area contributed by atoms with E-state index in [1.807, 2.05) is 32.9 Å². The summed E-state index contributed by atoms with van der Waals surface area (Å²) in [5.74, 6) is 0.0579. The third kappa shape index (κ3) is 7.42. The minimum absolute atomic E-state index is 0.0579. The molecule has 0 saturated heterocycles. The highest BCUT2D eigenvalue weighted by atomic mass is 16.3. The van der Waals surface area contributed by atoms with Gasteiger partial charge in [0.25, 0.3) is 0 Å². The molecule has 0 aromatic heterocycles. The number of aliphatic hydroxyl groups is 2. The molecule has 1 rings (SSSR count). The first kappa shape index (κ1) is 19.2. The van der Waals surface area contributed by atoms with E-state index in [0.29, 0.717) is 6.42 Å². The lowest BCUT2D eigenvalue weighted by Gasteiger charge is -2.28. The maximum absolute atomic E-state index is 10.5. The summed E-state index contributed by atoms with van der Waals surface area (Å²) in [5.41, 5.74) is 1.21. The molecule has 2 N–H and O–H groups in total. The average molecular weight is 306 g/mol. The van der Waals surface area contributed by atoms with Crippen molar-refractivity contribution in [2.45, 2.75) is 84.3 Å². The van der Waals surface area contributed by atoms with Crippen LogP contribution in [0.1, 0.15) is 73.1 Å². The number of hydrogen-bond acceptors (Lipinski definition) is 2. The van der Waals surface area contributed by atoms with Crippen molar-refractivity contribution in [3.05, 3.63) is 35.5 Å². The molecule has 22 heavy (non-hydrogen) atoms. The zero-order valence-corrected chi connectivity index (χ0v) is 15.0. The van der Waals surface area contributed by atoms with Crippen LogP contribution in [0.5, 0.6) is 0 Å². The highest BCUT2D eigenvalue weighted by molar-refractivity contribution is 5.09. The summed E-state index contributed by atoms with van der Waals surface area (Å²) < 4.78 is 0. The van der Waals surface area contributed by atoms with Crippen molar-refractivity contribution in [3.63, 3.8) is 0 Å². The lowest BCUT2D eigenvalue weighted by atomic mass is 9.84. The highest BCUT2D eigenvalue weighted by Crippen LogP contribution is 2.27. The van der Waals surface area contributed by atoms with E-state index in [1.165, 1.54) is 11.1 Å². The summed E-state index contributed by atoms with van der Waals surface area (Å²) in [4.78, 5) is 0. The summed E-state index contributed by atoms with van der Waals surface area (Å²) in [5, 5.41) is 20.9. The van der Waals surface area contributed by atoms with Crippen LogP contribution in [0.15, 0.2) is 35.5 Å². The molecule has 0 fully saturated rings. The quantitative estimate of drug-likeness (QED) is 0.674. The molecule has 0 radical (unpaired) electrons. The number of rotatable bonds is 1. The Morgan fingerprint density at radius 2 is 1.68 bits per heavy atom. The van der Waals surface area contributed by atoms with Gasteiger partial charge in [-0.3, -0.25) is 0 Å². The maximum Gasteiger partial charge on any atom is 0.0802 e. The van der Waals surface area contributed by atoms with Gasteiger partial charge < -0.3 is 10.2 Å². The Balaban J connectivity index is 2.95. The SMILES string of the molecule is CC1=CCCC(C)(O)C=CC(C(C)(C)O)CCC(C)=CCC1. The Hall–Kier alpha value is -0.860. The van der Waals surface area contributed by atoms with E-state index in [9.17, 15) is 10.2 Å². The van der Waals surface area contributed by atoms with Crippen molar-refractivity contribution >= 4 is 0 Å². The summed E-state index contributed by atoms with van der Waals surface area (Å²) in [7, 11) is 0. The Bertz CT molecular complexity index is 433. The van der Waals surface area contributed by atoms with Crippen molar-refractivity contribution in [2.75, 3.05) is 0 Å². The van der Waals surface area contributed by atoms with Gasteiger partial charge in [-0.2, -0.15) is 0 Å². The molecule has 1 aliphatic carbocycles. The van der Waals surface area contributed by atoms with Gasteiger partial charge in [0.05, 0.1) is 11.2 Å². The van der Waals surface area contributed by atoms with Crippen molar-refractivity contribution in [1.82, 2.24) is 0 Å². The van der Waals surface area contributed by atoms with Crippen molar-refractivity contribution in [3.8, 4) is 0 Å². The van der Waals surface area contributed by atoms with Gasteiger partial charge in [-0.25, -0.2) is 0 Å². The second-order valence-electron chi connectivity index (χ2n) is 7.69. The highest BCUT2D eigenvalue weighted by Gasteiger charge is 2.25. The third-order valence-electron chi connectivity index (χ3n) is 4.62. The van der Waals surface area contributed by atoms with Crippen LogP contribution < -0.4 is 0 Å². The number of hydrogen-bond donors (Lipinski definition) is 2. The Labute approximate surface area is 136 Å². The monoisotopic (exact) mass is 306 g/mol. The second kappa shape index (κ2) is 8.12. The normalized spacial score (nSPS) is 29.5. The van der Waals surface area contributed by atoms with E-state index in [2.05, 4.69) is 26.0 Å². The standard InChI is InChI=1S/C20H34O2/c1-16-8-6-9-17(2)11-12-18(19(3,4)21)13-15-20(5,22)14-7-10-16/h9-10,13,15,18,21-22H,6-8,11-12,14H2,1-5H3. The molecule has 0 saturated carbocycles. The molecule has 1 aliphatic rings. The minimum atomic E-state index is -0.810. The average Bonchev–Trinajstić information content (AvgIpc) is 2.35. The van der Waals surface area contributed by atoms with Crippen LogP contribution in [0.3, 0.4) is 0 Å². The Morgan fingerprint density at radius 3 is 2.32 bits per heavy atom. The van der Waals surface area contributed by atoms with Gasteiger partial charge in [-0.05, 0) is 73.1 Å². The van der Waals surface area contributed by atoms with E-state index in [0.717, 1.165) is 32.1 Å². The van der Waals surface area contributed by atoms with Gasteiger partial charge in [0.1, 0.15) is 0 Å². The van der Waals surface area contributed by atoms with E-state index in [4.69, 9.17) is 0 Å². The van der Waals surface area contributed by atoms with Crippen LogP contribution in [0.25, 0.3) is 0 Å². The second-order valence-corrected chi connectivity index (χ2v) is 7.69. The van der Waals surface area contributed by atoms with Crippen LogP contribution in [-0.4, -0.2) is 21.4 Å². The Morgan fingerprint density at radius 1 is 1.09 bits per heavy atom. The fourth-order valence-corrected chi connectivity index (χ4v) is 2.84. The van der Waals surface area contributed by atoms with Gasteiger partial charge in [0.15, 0.2) is 0 Å². The van der Waals surface area contributed by atoms with Crippen molar-refractivity contribution < 1.29 is 10.2 Å². The molecular formula is C20H34O2. The van der Waals surface area contributed by atoms with Crippen LogP contribution in [0.4, 0.5) is 0 Å². The molecule has 0 heterocycles. The fourth-order valence-electron chi connectivity index (χ4n) is 2.84. The third-order valence-corrected chi connectivity index (χ3v) is 4.62. The molecule has 0 aromatic rings. The number of allylic oxidation sites excluding steroid dienone is 4. The molecule has 0 bridgehead atoms. The van der Waals surface area contributed by atoms with E-state index in [-0.39, 0.29) is 5.92 Å². The molecule has 2 nitrogen and oxygen atoms in total. The minimum Gasteiger partial charge on any atom is -0.390 e. The van der Waals surface area contributed by atoms with Crippen molar-refractivity contribution in [2.24, 2.45) is 5.92 Å². The van der Waals surface area contributed by atoms with Crippen LogP contribution in [0, 0.1) is 5.92 Å². The van der Waals surface area contributed by atoms with E-state index >= 15 is 0 Å². The molecule has 0 aromatic carbocycles. The molecule has 126 valence electrons. The zero-order valence-electron chi connectivity index (χ0n) is 15.0. The lowest BCUT2D eigenvalue weighted by molar-refractivity contribution is 0.0323. The first-order chi connectivity index (χ1) is 10.1.